The first-order valence-corrected chi connectivity index (χ1v) is 6.08. The first-order valence-electron chi connectivity index (χ1n) is 4.41. The highest BCUT2D eigenvalue weighted by atomic mass is 79.9. The van der Waals surface area contributed by atoms with Gasteiger partial charge in [-0.3, -0.25) is 4.68 Å². The van der Waals surface area contributed by atoms with Crippen LogP contribution in [0.1, 0.15) is 4.88 Å². The number of rotatable bonds is 3. The summed E-state index contributed by atoms with van der Waals surface area (Å²) in [7, 11) is 1.85. The average Bonchev–Trinajstić information content (AvgIpc) is 2.70. The molecule has 2 rings (SSSR count). The Hall–Kier alpha value is -1.01. The minimum absolute atomic E-state index is 0.674. The molecule has 0 atom stereocenters. The molecule has 3 N–H and O–H groups in total. The van der Waals surface area contributed by atoms with Crippen LogP contribution >= 0.6 is 27.3 Å². The van der Waals surface area contributed by atoms with Crippen molar-refractivity contribution >= 4 is 38.8 Å². The van der Waals surface area contributed by atoms with E-state index in [-0.39, 0.29) is 0 Å². The van der Waals surface area contributed by atoms with Crippen molar-refractivity contribution < 1.29 is 0 Å². The Labute approximate surface area is 100 Å². The van der Waals surface area contributed by atoms with Crippen molar-refractivity contribution in [1.29, 1.82) is 0 Å². The summed E-state index contributed by atoms with van der Waals surface area (Å²) in [5.74, 6) is 0.738. The fraction of sp³-hybridized carbons (Fsp3) is 0.222. The number of aryl methyl sites for hydroxylation is 1. The summed E-state index contributed by atoms with van der Waals surface area (Å²) in [6.07, 6.45) is 1.78. The molecule has 4 nitrogen and oxygen atoms in total. The Morgan fingerprint density at radius 1 is 1.67 bits per heavy atom. The molecule has 2 aromatic heterocycles. The van der Waals surface area contributed by atoms with Crippen LogP contribution in [0.3, 0.4) is 0 Å². The van der Waals surface area contributed by atoms with Gasteiger partial charge < -0.3 is 11.1 Å². The molecule has 0 aliphatic rings. The first-order chi connectivity index (χ1) is 7.15. The second kappa shape index (κ2) is 4.24. The molecule has 0 aromatic carbocycles. The molecule has 0 spiro atoms. The highest BCUT2D eigenvalue weighted by Crippen LogP contribution is 2.21. The van der Waals surface area contributed by atoms with E-state index in [0.717, 1.165) is 16.8 Å². The molecule has 0 aliphatic carbocycles. The van der Waals surface area contributed by atoms with Gasteiger partial charge in [-0.05, 0) is 22.0 Å². The van der Waals surface area contributed by atoms with Gasteiger partial charge in [-0.2, -0.15) is 5.10 Å². The van der Waals surface area contributed by atoms with E-state index >= 15 is 0 Å². The zero-order valence-electron chi connectivity index (χ0n) is 8.20. The van der Waals surface area contributed by atoms with Gasteiger partial charge in [0.15, 0.2) is 5.82 Å². The Morgan fingerprint density at radius 2 is 2.47 bits per heavy atom. The molecule has 0 radical (unpaired) electrons. The van der Waals surface area contributed by atoms with Crippen LogP contribution < -0.4 is 11.1 Å². The van der Waals surface area contributed by atoms with Crippen molar-refractivity contribution in [2.75, 3.05) is 11.1 Å². The van der Waals surface area contributed by atoms with E-state index in [1.54, 1.807) is 22.2 Å². The standard InChI is InChI=1S/C9H11BrN4S/c1-14-4-8(11)9(13-14)12-3-7-2-6(10)5-15-7/h2,4-5H,3,11H2,1H3,(H,12,13). The van der Waals surface area contributed by atoms with Gasteiger partial charge in [0.2, 0.25) is 0 Å². The molecule has 0 saturated carbocycles. The normalized spacial score (nSPS) is 10.5. The molecule has 0 fully saturated rings. The van der Waals surface area contributed by atoms with Crippen LogP contribution in [0.4, 0.5) is 11.5 Å². The second-order valence-corrected chi connectivity index (χ2v) is 5.10. The van der Waals surface area contributed by atoms with Crippen LogP contribution in [0, 0.1) is 0 Å². The van der Waals surface area contributed by atoms with Gasteiger partial charge in [0.05, 0.1) is 12.2 Å². The first kappa shape index (κ1) is 10.5. The molecule has 6 heteroatoms. The lowest BCUT2D eigenvalue weighted by molar-refractivity contribution is 0.768. The maximum atomic E-state index is 5.76. The number of thiophene rings is 1. The van der Waals surface area contributed by atoms with Crippen molar-refractivity contribution in [3.05, 3.63) is 27.0 Å². The van der Waals surface area contributed by atoms with Gasteiger partial charge >= 0.3 is 0 Å². The number of halogens is 1. The van der Waals surface area contributed by atoms with Gasteiger partial charge in [-0.1, -0.05) is 0 Å². The summed E-state index contributed by atoms with van der Waals surface area (Å²) < 4.78 is 2.81. The minimum Gasteiger partial charge on any atom is -0.394 e. The lowest BCUT2D eigenvalue weighted by Crippen LogP contribution is -2.01. The van der Waals surface area contributed by atoms with Crippen LogP contribution in [0.5, 0.6) is 0 Å². The number of nitrogens with zero attached hydrogens (tertiary/aromatic N) is 2. The van der Waals surface area contributed by atoms with E-state index in [1.165, 1.54) is 4.88 Å². The number of nitrogens with two attached hydrogens (primary N) is 1. The van der Waals surface area contributed by atoms with Gasteiger partial charge in [0.25, 0.3) is 0 Å². The van der Waals surface area contributed by atoms with Crippen LogP contribution in [0.25, 0.3) is 0 Å². The third kappa shape index (κ3) is 2.51. The molecule has 0 amide bonds. The Bertz CT molecular complexity index is 462. The minimum atomic E-state index is 0.674. The van der Waals surface area contributed by atoms with Crippen LogP contribution in [0.2, 0.25) is 0 Å². The quantitative estimate of drug-likeness (QED) is 0.911. The number of aromatic nitrogens is 2. The molecule has 0 saturated heterocycles. The third-order valence-electron chi connectivity index (χ3n) is 1.91. The smallest absolute Gasteiger partial charge is 0.171 e. The van der Waals surface area contributed by atoms with Crippen LogP contribution in [-0.4, -0.2) is 9.78 Å². The van der Waals surface area contributed by atoms with Gasteiger partial charge in [0.1, 0.15) is 0 Å². The second-order valence-electron chi connectivity index (χ2n) is 3.19. The molecule has 80 valence electrons. The fourth-order valence-electron chi connectivity index (χ4n) is 1.26. The highest BCUT2D eigenvalue weighted by Gasteiger charge is 2.04. The van der Waals surface area contributed by atoms with E-state index in [2.05, 4.69) is 37.8 Å². The summed E-state index contributed by atoms with van der Waals surface area (Å²) >= 11 is 5.11. The summed E-state index contributed by atoms with van der Waals surface area (Å²) in [6, 6.07) is 2.08. The third-order valence-corrected chi connectivity index (χ3v) is 3.61. The lowest BCUT2D eigenvalue weighted by atomic mass is 10.4. The largest absolute Gasteiger partial charge is 0.394 e. The summed E-state index contributed by atoms with van der Waals surface area (Å²) in [5, 5.41) is 9.46. The number of hydrogen-bond acceptors (Lipinski definition) is 4. The molecular formula is C9H11BrN4S. The molecule has 0 unspecified atom stereocenters. The number of nitrogen functional groups attached to an aromatic ring is 1. The summed E-state index contributed by atoms with van der Waals surface area (Å²) in [6.45, 7) is 0.748. The zero-order valence-corrected chi connectivity index (χ0v) is 10.6. The molecule has 0 aliphatic heterocycles. The number of anilines is 2. The van der Waals surface area contributed by atoms with Crippen LogP contribution in [-0.2, 0) is 13.6 Å². The molecule has 2 heterocycles. The summed E-state index contributed by atoms with van der Waals surface area (Å²) in [5.41, 5.74) is 6.43. The predicted molar refractivity (Wildman–Crippen MR) is 67.0 cm³/mol. The number of nitrogens with one attached hydrogen (secondary N) is 1. The van der Waals surface area contributed by atoms with Gasteiger partial charge in [-0.25, -0.2) is 0 Å². The van der Waals surface area contributed by atoms with Gasteiger partial charge in [0, 0.05) is 28.0 Å². The molecule has 2 aromatic rings. The Morgan fingerprint density at radius 3 is 3.00 bits per heavy atom. The monoisotopic (exact) mass is 286 g/mol. The highest BCUT2D eigenvalue weighted by molar-refractivity contribution is 9.10. The Kier molecular flexibility index (Phi) is 2.97. The molecule has 15 heavy (non-hydrogen) atoms. The fourth-order valence-corrected chi connectivity index (χ4v) is 2.65. The topological polar surface area (TPSA) is 55.9 Å². The van der Waals surface area contributed by atoms with Crippen molar-refractivity contribution in [1.82, 2.24) is 9.78 Å². The predicted octanol–water partition coefficient (Wildman–Crippen LogP) is 2.44. The Balaban J connectivity index is 2.01. The van der Waals surface area contributed by atoms with E-state index in [4.69, 9.17) is 5.73 Å². The van der Waals surface area contributed by atoms with Crippen molar-refractivity contribution in [2.45, 2.75) is 6.54 Å². The number of hydrogen-bond donors (Lipinski definition) is 2. The molecular weight excluding hydrogens is 276 g/mol. The van der Waals surface area contributed by atoms with Gasteiger partial charge in [-0.15, -0.1) is 11.3 Å². The van der Waals surface area contributed by atoms with E-state index in [0.29, 0.717) is 5.69 Å². The van der Waals surface area contributed by atoms with Crippen molar-refractivity contribution in [3.63, 3.8) is 0 Å². The molecule has 0 bridgehead atoms. The summed E-state index contributed by atoms with van der Waals surface area (Å²) in [4.78, 5) is 1.24. The SMILES string of the molecule is Cn1cc(N)c(NCc2cc(Br)cs2)n1. The van der Waals surface area contributed by atoms with E-state index < -0.39 is 0 Å². The average molecular weight is 287 g/mol. The lowest BCUT2D eigenvalue weighted by Gasteiger charge is -2.00. The van der Waals surface area contributed by atoms with E-state index in [9.17, 15) is 0 Å². The van der Waals surface area contributed by atoms with E-state index in [1.807, 2.05) is 7.05 Å². The van der Waals surface area contributed by atoms with Crippen LogP contribution in [0.15, 0.2) is 22.1 Å². The van der Waals surface area contributed by atoms with Crippen molar-refractivity contribution in [3.8, 4) is 0 Å². The maximum absolute atomic E-state index is 5.76. The van der Waals surface area contributed by atoms with Crippen molar-refractivity contribution in [2.24, 2.45) is 7.05 Å². The maximum Gasteiger partial charge on any atom is 0.171 e. The zero-order chi connectivity index (χ0) is 10.8.